The Balaban J connectivity index is 1.36. The van der Waals surface area contributed by atoms with Gasteiger partial charge in [-0.15, -0.1) is 0 Å². The summed E-state index contributed by atoms with van der Waals surface area (Å²) in [5.74, 6) is 1.23. The number of para-hydroxylation sites is 1. The van der Waals surface area contributed by atoms with E-state index in [0.717, 1.165) is 31.5 Å². The molecule has 1 N–H and O–H groups in total. The summed E-state index contributed by atoms with van der Waals surface area (Å²) >= 11 is 1.25. The Hall–Kier alpha value is -5.16. The van der Waals surface area contributed by atoms with Crippen molar-refractivity contribution in [3.8, 4) is 17.2 Å². The van der Waals surface area contributed by atoms with E-state index in [4.69, 9.17) is 19.2 Å². The summed E-state index contributed by atoms with van der Waals surface area (Å²) in [6.45, 7) is 3.32. The number of nitrogens with zero attached hydrogens (tertiary/aromatic N) is 3. The molecule has 1 atom stereocenters. The second-order valence-corrected chi connectivity index (χ2v) is 12.0. The van der Waals surface area contributed by atoms with Gasteiger partial charge in [-0.1, -0.05) is 41.7 Å². The third-order valence-electron chi connectivity index (χ3n) is 8.03. The summed E-state index contributed by atoms with van der Waals surface area (Å²) in [4.78, 5) is 47.3. The minimum Gasteiger partial charge on any atom is -0.497 e. The van der Waals surface area contributed by atoms with Crippen LogP contribution in [0.25, 0.3) is 6.08 Å². The maximum atomic E-state index is 14.1. The second kappa shape index (κ2) is 13.5. The molecule has 2 amide bonds. The fraction of sp³-hybridized carbons (Fsp3) is 0.257. The zero-order valence-corrected chi connectivity index (χ0v) is 26.6. The molecule has 2 aliphatic heterocycles. The Morgan fingerprint density at radius 1 is 0.978 bits per heavy atom. The molecule has 0 aliphatic carbocycles. The molecule has 10 nitrogen and oxygen atoms in total. The zero-order valence-electron chi connectivity index (χ0n) is 25.8. The molecule has 6 rings (SSSR count). The number of rotatable bonds is 9. The predicted molar refractivity (Wildman–Crippen MR) is 176 cm³/mol. The van der Waals surface area contributed by atoms with Gasteiger partial charge in [-0.2, -0.15) is 0 Å². The maximum Gasteiger partial charge on any atom is 0.271 e. The number of amides is 2. The highest BCUT2D eigenvalue weighted by molar-refractivity contribution is 7.07. The van der Waals surface area contributed by atoms with Crippen molar-refractivity contribution in [3.63, 3.8) is 0 Å². The molecule has 3 aromatic carbocycles. The first-order valence-electron chi connectivity index (χ1n) is 15.0. The van der Waals surface area contributed by atoms with E-state index in [1.807, 2.05) is 35.2 Å². The number of carbonyl (C=O) groups excluding carboxylic acids is 2. The van der Waals surface area contributed by atoms with Gasteiger partial charge in [0.05, 0.1) is 30.0 Å². The van der Waals surface area contributed by atoms with Crippen molar-refractivity contribution < 1.29 is 23.8 Å². The van der Waals surface area contributed by atoms with Crippen LogP contribution in [0.1, 0.15) is 36.9 Å². The van der Waals surface area contributed by atoms with Crippen LogP contribution in [-0.4, -0.2) is 55.2 Å². The van der Waals surface area contributed by atoms with Crippen LogP contribution >= 0.6 is 11.3 Å². The first-order chi connectivity index (χ1) is 22.4. The molecule has 1 fully saturated rings. The third-order valence-corrected chi connectivity index (χ3v) is 9.02. The Labute approximate surface area is 269 Å². The van der Waals surface area contributed by atoms with Crippen molar-refractivity contribution in [2.75, 3.05) is 39.2 Å². The fourth-order valence-corrected chi connectivity index (χ4v) is 6.73. The molecule has 4 aromatic rings. The van der Waals surface area contributed by atoms with Gasteiger partial charge in [0.25, 0.3) is 17.4 Å². The van der Waals surface area contributed by atoms with E-state index < -0.39 is 6.04 Å². The first kappa shape index (κ1) is 30.8. The number of hydrogen-bond donors (Lipinski definition) is 1. The first-order valence-corrected chi connectivity index (χ1v) is 15.8. The number of anilines is 1. The molecule has 0 bridgehead atoms. The van der Waals surface area contributed by atoms with E-state index in [9.17, 15) is 14.4 Å². The van der Waals surface area contributed by atoms with E-state index in [1.54, 1.807) is 67.1 Å². The Bertz CT molecular complexity index is 1980. The predicted octanol–water partition coefficient (Wildman–Crippen LogP) is 3.89. The molecule has 3 heterocycles. The topological polar surface area (TPSA) is 111 Å². The Morgan fingerprint density at radius 2 is 1.70 bits per heavy atom. The van der Waals surface area contributed by atoms with Crippen LogP contribution in [-0.2, 0) is 9.59 Å². The van der Waals surface area contributed by atoms with Crippen molar-refractivity contribution in [1.29, 1.82) is 0 Å². The molecule has 11 heteroatoms. The van der Waals surface area contributed by atoms with Gasteiger partial charge in [-0.05, 0) is 67.8 Å². The number of allylic oxidation sites excluding steroid dienone is 1. The maximum absolute atomic E-state index is 14.1. The average Bonchev–Trinajstić information content (AvgIpc) is 3.72. The molecule has 0 saturated carbocycles. The molecule has 236 valence electrons. The van der Waals surface area contributed by atoms with E-state index in [-0.39, 0.29) is 24.0 Å². The van der Waals surface area contributed by atoms with Crippen molar-refractivity contribution in [2.45, 2.75) is 25.8 Å². The Kier molecular flexibility index (Phi) is 9.02. The normalized spacial score (nSPS) is 16.1. The third kappa shape index (κ3) is 6.32. The number of carbonyl (C=O) groups is 2. The van der Waals surface area contributed by atoms with Crippen LogP contribution < -0.4 is 34.4 Å². The van der Waals surface area contributed by atoms with Crippen LogP contribution in [0.5, 0.6) is 17.2 Å². The molecule has 0 unspecified atom stereocenters. The lowest BCUT2D eigenvalue weighted by atomic mass is 9.94. The summed E-state index contributed by atoms with van der Waals surface area (Å²) in [6.07, 6.45) is 3.85. The number of ether oxygens (including phenoxy) is 3. The molecule has 1 saturated heterocycles. The second-order valence-electron chi connectivity index (χ2n) is 11.0. The highest BCUT2D eigenvalue weighted by atomic mass is 32.1. The van der Waals surface area contributed by atoms with Crippen molar-refractivity contribution >= 4 is 34.9 Å². The number of likely N-dealkylation sites (tertiary alicyclic amines) is 1. The highest BCUT2D eigenvalue weighted by Gasteiger charge is 2.34. The fourth-order valence-electron chi connectivity index (χ4n) is 5.68. The van der Waals surface area contributed by atoms with E-state index >= 15 is 0 Å². The van der Waals surface area contributed by atoms with Gasteiger partial charge in [0.1, 0.15) is 23.3 Å². The summed E-state index contributed by atoms with van der Waals surface area (Å²) in [5.41, 5.74) is 2.55. The van der Waals surface area contributed by atoms with Crippen LogP contribution in [0.2, 0.25) is 0 Å². The number of methoxy groups -OCH3 is 2. The minimum atomic E-state index is -0.813. The quantitative estimate of drug-likeness (QED) is 0.298. The van der Waals surface area contributed by atoms with Gasteiger partial charge in [0, 0.05) is 30.4 Å². The number of aromatic nitrogens is 1. The van der Waals surface area contributed by atoms with Crippen LogP contribution in [0.3, 0.4) is 0 Å². The van der Waals surface area contributed by atoms with Gasteiger partial charge >= 0.3 is 0 Å². The van der Waals surface area contributed by atoms with E-state index in [0.29, 0.717) is 49.1 Å². The number of nitrogens with one attached hydrogen (secondary N) is 1. The standard InChI is InChI=1S/C35H34N4O6S/c1-22-31(33(41)37-24-9-5-4-6-10-24)32(27-16-15-26(43-2)20-28(27)44-3)39-34(42)29(46-35(39)36-22)19-23-11-13-25(14-12-23)45-21-30(40)38-17-7-8-18-38/h4-6,9-16,19-20,32H,7-8,17-18,21H2,1-3H3,(H,37,41)/b29-19+/t32-/m0/s1. The van der Waals surface area contributed by atoms with Crippen molar-refractivity contribution in [2.24, 2.45) is 4.99 Å². The van der Waals surface area contributed by atoms with Gasteiger partial charge in [-0.3, -0.25) is 19.0 Å². The average molecular weight is 639 g/mol. The molecule has 2 aliphatic rings. The van der Waals surface area contributed by atoms with E-state index in [2.05, 4.69) is 5.32 Å². The van der Waals surface area contributed by atoms with Gasteiger partial charge < -0.3 is 24.4 Å². The van der Waals surface area contributed by atoms with Crippen LogP contribution in [0, 0.1) is 0 Å². The number of hydrogen-bond acceptors (Lipinski definition) is 8. The van der Waals surface area contributed by atoms with Crippen molar-refractivity contribution in [3.05, 3.63) is 115 Å². The van der Waals surface area contributed by atoms with Crippen molar-refractivity contribution in [1.82, 2.24) is 9.47 Å². The minimum absolute atomic E-state index is 0.00764. The summed E-state index contributed by atoms with van der Waals surface area (Å²) in [6, 6.07) is 20.9. The van der Waals surface area contributed by atoms with Crippen LogP contribution in [0.15, 0.2) is 93.9 Å². The lowest BCUT2D eigenvalue weighted by Crippen LogP contribution is -2.40. The zero-order chi connectivity index (χ0) is 32.2. The molecule has 0 spiro atoms. The van der Waals surface area contributed by atoms with E-state index in [1.165, 1.54) is 18.4 Å². The molecule has 46 heavy (non-hydrogen) atoms. The summed E-state index contributed by atoms with van der Waals surface area (Å²) in [7, 11) is 3.10. The van der Waals surface area contributed by atoms with Gasteiger partial charge in [0.15, 0.2) is 11.4 Å². The number of fused-ring (bicyclic) bond motifs is 1. The molecular formula is C35H34N4O6S. The largest absolute Gasteiger partial charge is 0.497 e. The van der Waals surface area contributed by atoms with Gasteiger partial charge in [-0.25, -0.2) is 4.99 Å². The van der Waals surface area contributed by atoms with Gasteiger partial charge in [0.2, 0.25) is 0 Å². The lowest BCUT2D eigenvalue weighted by Gasteiger charge is -2.26. The van der Waals surface area contributed by atoms with Crippen LogP contribution in [0.4, 0.5) is 5.69 Å². The molecule has 0 radical (unpaired) electrons. The summed E-state index contributed by atoms with van der Waals surface area (Å²) < 4.78 is 18.9. The lowest BCUT2D eigenvalue weighted by molar-refractivity contribution is -0.132. The number of thiazole rings is 1. The highest BCUT2D eigenvalue weighted by Crippen LogP contribution is 2.37. The number of benzene rings is 3. The monoisotopic (exact) mass is 638 g/mol. The SMILES string of the molecule is COc1ccc([C@H]2C(C(=O)Nc3ccccc3)=C(C)N=c3s/c(=C/c4ccc(OCC(=O)N5CCCC5)cc4)c(=O)n32)c(OC)c1. The molecular weight excluding hydrogens is 604 g/mol. The summed E-state index contributed by atoms with van der Waals surface area (Å²) in [5, 5.41) is 2.96. The smallest absolute Gasteiger partial charge is 0.271 e. The Morgan fingerprint density at radius 3 is 2.39 bits per heavy atom. The molecule has 1 aromatic heterocycles.